The number of anilines is 1. The quantitative estimate of drug-likeness (QED) is 0.902. The Bertz CT molecular complexity index is 432. The molecule has 1 atom stereocenters. The molecule has 3 rings (SSSR count). The summed E-state index contributed by atoms with van der Waals surface area (Å²) in [4.78, 5) is 8.43. The molecule has 1 N–H and O–H groups in total. The highest BCUT2D eigenvalue weighted by Gasteiger charge is 2.42. The van der Waals surface area contributed by atoms with Crippen LogP contribution in [0.4, 0.5) is 5.82 Å². The molecule has 19 heavy (non-hydrogen) atoms. The smallest absolute Gasteiger partial charge is 0.129 e. The second kappa shape index (κ2) is 5.43. The molecular weight excluding hydrogens is 242 g/mol. The van der Waals surface area contributed by atoms with Crippen LogP contribution >= 0.6 is 0 Å². The normalized spacial score (nSPS) is 25.0. The van der Waals surface area contributed by atoms with Crippen LogP contribution in [0.2, 0.25) is 0 Å². The predicted molar refractivity (Wildman–Crippen MR) is 71.9 cm³/mol. The molecule has 5 heteroatoms. The Morgan fingerprint density at radius 2 is 2.26 bits per heavy atom. The molecule has 1 aromatic rings. The lowest BCUT2D eigenvalue weighted by molar-refractivity contribution is 0.0103. The highest BCUT2D eigenvalue weighted by molar-refractivity contribution is 5.36. The SMILES string of the molecule is COCc1cc(NC2COC3(CCCC3)C2)ncn1. The zero-order valence-electron chi connectivity index (χ0n) is 11.4. The van der Waals surface area contributed by atoms with Crippen molar-refractivity contribution in [2.45, 2.75) is 50.4 Å². The Labute approximate surface area is 113 Å². The van der Waals surface area contributed by atoms with Gasteiger partial charge in [-0.05, 0) is 19.3 Å². The third kappa shape index (κ3) is 2.87. The van der Waals surface area contributed by atoms with E-state index < -0.39 is 0 Å². The maximum atomic E-state index is 6.03. The van der Waals surface area contributed by atoms with Gasteiger partial charge in [0.1, 0.15) is 12.1 Å². The highest BCUT2D eigenvalue weighted by Crippen LogP contribution is 2.41. The summed E-state index contributed by atoms with van der Waals surface area (Å²) in [5, 5.41) is 3.46. The number of methoxy groups -OCH3 is 1. The number of aromatic nitrogens is 2. The van der Waals surface area contributed by atoms with Gasteiger partial charge in [-0.1, -0.05) is 12.8 Å². The lowest BCUT2D eigenvalue weighted by Crippen LogP contribution is -2.25. The molecular formula is C14H21N3O2. The van der Waals surface area contributed by atoms with Crippen LogP contribution in [-0.2, 0) is 16.1 Å². The lowest BCUT2D eigenvalue weighted by atomic mass is 9.96. The number of nitrogens with one attached hydrogen (secondary N) is 1. The standard InChI is InChI=1S/C14H21N3O2/c1-18-8-11-6-13(16-10-15-11)17-12-7-14(19-9-12)4-2-3-5-14/h6,10,12H,2-5,7-9H2,1H3,(H,15,16,17). The Kier molecular flexibility index (Phi) is 3.66. The van der Waals surface area contributed by atoms with Crippen molar-refractivity contribution in [1.29, 1.82) is 0 Å². The van der Waals surface area contributed by atoms with Crippen molar-refractivity contribution in [1.82, 2.24) is 9.97 Å². The number of nitrogens with zero attached hydrogens (tertiary/aromatic N) is 2. The topological polar surface area (TPSA) is 56.3 Å². The summed E-state index contributed by atoms with van der Waals surface area (Å²) in [6, 6.07) is 2.31. The molecule has 2 aliphatic rings. The molecule has 0 aromatic carbocycles. The first-order valence-electron chi connectivity index (χ1n) is 7.00. The molecule has 1 unspecified atom stereocenters. The molecule has 0 bridgehead atoms. The first-order chi connectivity index (χ1) is 9.30. The molecule has 1 aliphatic carbocycles. The van der Waals surface area contributed by atoms with Crippen molar-refractivity contribution in [2.24, 2.45) is 0 Å². The van der Waals surface area contributed by atoms with Crippen LogP contribution in [0, 0.1) is 0 Å². The van der Waals surface area contributed by atoms with Crippen molar-refractivity contribution in [3.63, 3.8) is 0 Å². The minimum absolute atomic E-state index is 0.153. The lowest BCUT2D eigenvalue weighted by Gasteiger charge is -2.21. The molecule has 1 aliphatic heterocycles. The minimum Gasteiger partial charge on any atom is -0.378 e. The van der Waals surface area contributed by atoms with E-state index in [0.717, 1.165) is 24.5 Å². The van der Waals surface area contributed by atoms with E-state index in [9.17, 15) is 0 Å². The fourth-order valence-corrected chi connectivity index (χ4v) is 3.22. The van der Waals surface area contributed by atoms with Gasteiger partial charge in [-0.25, -0.2) is 9.97 Å². The van der Waals surface area contributed by atoms with Crippen molar-refractivity contribution >= 4 is 5.82 Å². The zero-order valence-corrected chi connectivity index (χ0v) is 11.4. The van der Waals surface area contributed by atoms with Gasteiger partial charge >= 0.3 is 0 Å². The first kappa shape index (κ1) is 12.8. The molecule has 5 nitrogen and oxygen atoms in total. The molecule has 1 aromatic heterocycles. The van der Waals surface area contributed by atoms with Crippen LogP contribution in [0.5, 0.6) is 0 Å². The van der Waals surface area contributed by atoms with Gasteiger partial charge in [-0.3, -0.25) is 0 Å². The van der Waals surface area contributed by atoms with E-state index in [1.165, 1.54) is 25.7 Å². The molecule has 1 spiro atoms. The van der Waals surface area contributed by atoms with E-state index in [1.54, 1.807) is 13.4 Å². The van der Waals surface area contributed by atoms with E-state index >= 15 is 0 Å². The van der Waals surface area contributed by atoms with Gasteiger partial charge in [0, 0.05) is 13.2 Å². The maximum Gasteiger partial charge on any atom is 0.129 e. The molecule has 0 amide bonds. The van der Waals surface area contributed by atoms with Crippen LogP contribution in [0.1, 0.15) is 37.8 Å². The van der Waals surface area contributed by atoms with Crippen LogP contribution < -0.4 is 5.32 Å². The third-order valence-electron chi connectivity index (χ3n) is 4.09. The average Bonchev–Trinajstić information content (AvgIpc) is 3.02. The number of ether oxygens (including phenoxy) is 2. The molecule has 2 fully saturated rings. The monoisotopic (exact) mass is 263 g/mol. The number of hydrogen-bond donors (Lipinski definition) is 1. The predicted octanol–water partition coefficient (Wildman–Crippen LogP) is 2.14. The molecule has 1 saturated carbocycles. The van der Waals surface area contributed by atoms with E-state index in [4.69, 9.17) is 9.47 Å². The Morgan fingerprint density at radius 3 is 3.05 bits per heavy atom. The summed E-state index contributed by atoms with van der Waals surface area (Å²) in [7, 11) is 1.67. The second-order valence-electron chi connectivity index (χ2n) is 5.57. The van der Waals surface area contributed by atoms with Crippen molar-refractivity contribution in [3.8, 4) is 0 Å². The average molecular weight is 263 g/mol. The van der Waals surface area contributed by atoms with E-state index in [0.29, 0.717) is 12.6 Å². The van der Waals surface area contributed by atoms with Crippen molar-refractivity contribution in [2.75, 3.05) is 19.0 Å². The number of rotatable bonds is 4. The first-order valence-corrected chi connectivity index (χ1v) is 7.00. The summed E-state index contributed by atoms with van der Waals surface area (Å²) in [5.74, 6) is 0.866. The molecule has 0 radical (unpaired) electrons. The van der Waals surface area contributed by atoms with Gasteiger partial charge in [-0.15, -0.1) is 0 Å². The van der Waals surface area contributed by atoms with Crippen molar-refractivity contribution < 1.29 is 9.47 Å². The van der Waals surface area contributed by atoms with Crippen LogP contribution in [0.25, 0.3) is 0 Å². The third-order valence-corrected chi connectivity index (χ3v) is 4.09. The van der Waals surface area contributed by atoms with Gasteiger partial charge in [-0.2, -0.15) is 0 Å². The summed E-state index contributed by atoms with van der Waals surface area (Å²) in [5.41, 5.74) is 1.05. The van der Waals surface area contributed by atoms with E-state index in [2.05, 4.69) is 15.3 Å². The minimum atomic E-state index is 0.153. The molecule has 2 heterocycles. The zero-order chi connectivity index (χ0) is 13.1. The van der Waals surface area contributed by atoms with Crippen LogP contribution in [0.15, 0.2) is 12.4 Å². The fraction of sp³-hybridized carbons (Fsp3) is 0.714. The Balaban J connectivity index is 1.61. The largest absolute Gasteiger partial charge is 0.378 e. The Morgan fingerprint density at radius 1 is 1.42 bits per heavy atom. The van der Waals surface area contributed by atoms with Crippen molar-refractivity contribution in [3.05, 3.63) is 18.1 Å². The summed E-state index contributed by atoms with van der Waals surface area (Å²) >= 11 is 0. The number of hydrogen-bond acceptors (Lipinski definition) is 5. The summed E-state index contributed by atoms with van der Waals surface area (Å²) < 4.78 is 11.1. The Hall–Kier alpha value is -1.20. The molecule has 1 saturated heterocycles. The van der Waals surface area contributed by atoms with Gasteiger partial charge in [0.2, 0.25) is 0 Å². The van der Waals surface area contributed by atoms with Gasteiger partial charge in [0.15, 0.2) is 0 Å². The fourth-order valence-electron chi connectivity index (χ4n) is 3.22. The van der Waals surface area contributed by atoms with E-state index in [1.807, 2.05) is 6.07 Å². The van der Waals surface area contributed by atoms with Crippen LogP contribution in [-0.4, -0.2) is 35.3 Å². The highest BCUT2D eigenvalue weighted by atomic mass is 16.5. The summed E-state index contributed by atoms with van der Waals surface area (Å²) in [6.45, 7) is 1.30. The van der Waals surface area contributed by atoms with E-state index in [-0.39, 0.29) is 5.60 Å². The van der Waals surface area contributed by atoms with Gasteiger partial charge < -0.3 is 14.8 Å². The van der Waals surface area contributed by atoms with Gasteiger partial charge in [0.25, 0.3) is 0 Å². The van der Waals surface area contributed by atoms with Crippen LogP contribution in [0.3, 0.4) is 0 Å². The summed E-state index contributed by atoms with van der Waals surface area (Å²) in [6.07, 6.45) is 7.71. The second-order valence-corrected chi connectivity index (χ2v) is 5.57. The molecule has 104 valence electrons. The van der Waals surface area contributed by atoms with Gasteiger partial charge in [0.05, 0.1) is 30.6 Å². The maximum absolute atomic E-state index is 6.03.